The molecule has 0 spiro atoms. The highest BCUT2D eigenvalue weighted by molar-refractivity contribution is 7.09. The topological polar surface area (TPSA) is 45.6 Å². The van der Waals surface area contributed by atoms with Crippen LogP contribution < -0.4 is 0 Å². The molecule has 0 radical (unpaired) electrons. The summed E-state index contributed by atoms with van der Waals surface area (Å²) < 4.78 is 5.58. The fourth-order valence-corrected chi connectivity index (χ4v) is 2.69. The predicted molar refractivity (Wildman–Crippen MR) is 63.5 cm³/mol. The molecule has 0 aromatic carbocycles. The molecular weight excluding hydrogens is 224 g/mol. The number of likely N-dealkylation sites (tertiary alicyclic amines) is 1. The molecule has 1 fully saturated rings. The van der Waals surface area contributed by atoms with E-state index >= 15 is 0 Å². The highest BCUT2D eigenvalue weighted by atomic mass is 32.1. The molecule has 90 valence electrons. The number of thiazole rings is 1. The molecular formula is C11H18N2O2S. The highest BCUT2D eigenvalue weighted by Gasteiger charge is 2.20. The number of nitrogens with zero attached hydrogens (tertiary/aromatic N) is 2. The van der Waals surface area contributed by atoms with Crippen LogP contribution in [0.2, 0.25) is 0 Å². The van der Waals surface area contributed by atoms with E-state index in [0.717, 1.165) is 26.1 Å². The fourth-order valence-electron chi connectivity index (χ4n) is 2.05. The van der Waals surface area contributed by atoms with E-state index in [2.05, 4.69) is 9.88 Å². The minimum absolute atomic E-state index is 0.116. The molecule has 0 bridgehead atoms. The summed E-state index contributed by atoms with van der Waals surface area (Å²) in [7, 11) is 0. The van der Waals surface area contributed by atoms with E-state index < -0.39 is 0 Å². The molecule has 2 heterocycles. The van der Waals surface area contributed by atoms with Gasteiger partial charge in [-0.05, 0) is 19.4 Å². The molecule has 4 nitrogen and oxygen atoms in total. The van der Waals surface area contributed by atoms with Crippen LogP contribution in [-0.4, -0.2) is 47.4 Å². The van der Waals surface area contributed by atoms with Crippen LogP contribution in [0.5, 0.6) is 0 Å². The summed E-state index contributed by atoms with van der Waals surface area (Å²) in [6.45, 7) is 3.66. The van der Waals surface area contributed by atoms with Crippen molar-refractivity contribution in [3.63, 3.8) is 0 Å². The maximum atomic E-state index is 8.73. The Bertz CT molecular complexity index is 292. The Morgan fingerprint density at radius 1 is 1.62 bits per heavy atom. The quantitative estimate of drug-likeness (QED) is 0.840. The van der Waals surface area contributed by atoms with E-state index in [1.165, 1.54) is 11.3 Å². The van der Waals surface area contributed by atoms with Gasteiger partial charge in [-0.3, -0.25) is 9.88 Å². The van der Waals surface area contributed by atoms with Crippen molar-refractivity contribution < 1.29 is 9.84 Å². The molecule has 5 heteroatoms. The number of rotatable bonds is 5. The van der Waals surface area contributed by atoms with Gasteiger partial charge in [-0.1, -0.05) is 0 Å². The minimum atomic E-state index is 0.116. The van der Waals surface area contributed by atoms with E-state index in [9.17, 15) is 0 Å². The molecule has 1 atom stereocenters. The summed E-state index contributed by atoms with van der Waals surface area (Å²) in [5.41, 5.74) is 1.87. The second kappa shape index (κ2) is 6.30. The molecule has 0 amide bonds. The Kier molecular flexibility index (Phi) is 4.71. The van der Waals surface area contributed by atoms with Gasteiger partial charge in [0.2, 0.25) is 0 Å². The van der Waals surface area contributed by atoms with Crippen molar-refractivity contribution in [1.82, 2.24) is 9.88 Å². The minimum Gasteiger partial charge on any atom is -0.394 e. The van der Waals surface area contributed by atoms with Crippen molar-refractivity contribution in [3.8, 4) is 0 Å². The molecule has 1 saturated heterocycles. The summed E-state index contributed by atoms with van der Waals surface area (Å²) in [5.74, 6) is 0. The Hall–Kier alpha value is -0.490. The van der Waals surface area contributed by atoms with Crippen LogP contribution in [0.15, 0.2) is 11.7 Å². The van der Waals surface area contributed by atoms with Crippen molar-refractivity contribution >= 4 is 11.3 Å². The molecule has 1 aliphatic rings. The van der Waals surface area contributed by atoms with Gasteiger partial charge < -0.3 is 9.84 Å². The van der Waals surface area contributed by atoms with Crippen molar-refractivity contribution in [2.24, 2.45) is 0 Å². The van der Waals surface area contributed by atoms with Crippen LogP contribution in [0.25, 0.3) is 0 Å². The summed E-state index contributed by atoms with van der Waals surface area (Å²) >= 11 is 1.70. The van der Waals surface area contributed by atoms with E-state index in [1.54, 1.807) is 11.3 Å². The van der Waals surface area contributed by atoms with Gasteiger partial charge in [0.15, 0.2) is 0 Å². The lowest BCUT2D eigenvalue weighted by Crippen LogP contribution is -2.39. The highest BCUT2D eigenvalue weighted by Crippen LogP contribution is 2.17. The first kappa shape index (κ1) is 12.0. The lowest BCUT2D eigenvalue weighted by Gasteiger charge is -2.32. The fraction of sp³-hybridized carbons (Fsp3) is 0.727. The Labute approximate surface area is 99.9 Å². The summed E-state index contributed by atoms with van der Waals surface area (Å²) in [4.78, 5) is 7.79. The standard InChI is InChI=1S/C11H18N2O2S/c14-4-5-15-10-2-1-3-13(7-10)8-11-6-12-9-16-11/h6,9-10,14H,1-5,7-8H2. The van der Waals surface area contributed by atoms with Crippen LogP contribution in [-0.2, 0) is 11.3 Å². The largest absolute Gasteiger partial charge is 0.394 e. The second-order valence-electron chi connectivity index (χ2n) is 4.06. The third-order valence-electron chi connectivity index (χ3n) is 2.77. The van der Waals surface area contributed by atoms with Crippen LogP contribution in [0.4, 0.5) is 0 Å². The lowest BCUT2D eigenvalue weighted by atomic mass is 10.1. The van der Waals surface area contributed by atoms with Crippen molar-refractivity contribution in [1.29, 1.82) is 0 Å². The number of aromatic nitrogens is 1. The molecule has 16 heavy (non-hydrogen) atoms. The summed E-state index contributed by atoms with van der Waals surface area (Å²) in [6, 6.07) is 0. The Balaban J connectivity index is 1.77. The number of piperidine rings is 1. The van der Waals surface area contributed by atoms with Crippen molar-refractivity contribution in [2.75, 3.05) is 26.3 Å². The third kappa shape index (κ3) is 3.52. The number of aliphatic hydroxyl groups is 1. The molecule has 0 aliphatic carbocycles. The molecule has 2 rings (SSSR count). The Morgan fingerprint density at radius 3 is 3.31 bits per heavy atom. The molecule has 1 aromatic heterocycles. The Morgan fingerprint density at radius 2 is 2.56 bits per heavy atom. The molecule has 1 aliphatic heterocycles. The first-order valence-corrected chi connectivity index (χ1v) is 6.58. The van der Waals surface area contributed by atoms with Crippen LogP contribution in [0.1, 0.15) is 17.7 Å². The number of hydrogen-bond acceptors (Lipinski definition) is 5. The third-order valence-corrected chi connectivity index (χ3v) is 3.53. The van der Waals surface area contributed by atoms with E-state index in [0.29, 0.717) is 6.61 Å². The van der Waals surface area contributed by atoms with Crippen LogP contribution in [0, 0.1) is 0 Å². The first-order valence-electron chi connectivity index (χ1n) is 5.70. The monoisotopic (exact) mass is 242 g/mol. The summed E-state index contributed by atoms with van der Waals surface area (Å²) in [6.07, 6.45) is 4.51. The average Bonchev–Trinajstić information content (AvgIpc) is 2.80. The zero-order valence-corrected chi connectivity index (χ0v) is 10.2. The van der Waals surface area contributed by atoms with E-state index in [-0.39, 0.29) is 12.7 Å². The normalized spacial score (nSPS) is 22.4. The average molecular weight is 242 g/mol. The van der Waals surface area contributed by atoms with Gasteiger partial charge in [0.1, 0.15) is 0 Å². The number of aliphatic hydroxyl groups excluding tert-OH is 1. The van der Waals surface area contributed by atoms with Gasteiger partial charge in [0, 0.05) is 24.2 Å². The molecule has 0 saturated carbocycles. The maximum Gasteiger partial charge on any atom is 0.0794 e. The molecule has 1 unspecified atom stereocenters. The number of ether oxygens (including phenoxy) is 1. The van der Waals surface area contributed by atoms with Crippen LogP contribution in [0.3, 0.4) is 0 Å². The SMILES string of the molecule is OCCOC1CCCN(Cc2cncs2)C1. The molecule has 1 N–H and O–H groups in total. The smallest absolute Gasteiger partial charge is 0.0794 e. The van der Waals surface area contributed by atoms with Gasteiger partial charge in [0.05, 0.1) is 24.8 Å². The van der Waals surface area contributed by atoms with Crippen LogP contribution >= 0.6 is 11.3 Å². The summed E-state index contributed by atoms with van der Waals surface area (Å²) in [5, 5.41) is 8.73. The second-order valence-corrected chi connectivity index (χ2v) is 5.03. The zero-order valence-electron chi connectivity index (χ0n) is 9.34. The van der Waals surface area contributed by atoms with E-state index in [4.69, 9.17) is 9.84 Å². The molecule has 1 aromatic rings. The zero-order chi connectivity index (χ0) is 11.2. The van der Waals surface area contributed by atoms with E-state index in [1.807, 2.05) is 11.7 Å². The van der Waals surface area contributed by atoms with Gasteiger partial charge in [-0.2, -0.15) is 0 Å². The van der Waals surface area contributed by atoms with Crippen molar-refractivity contribution in [2.45, 2.75) is 25.5 Å². The van der Waals surface area contributed by atoms with Crippen molar-refractivity contribution in [3.05, 3.63) is 16.6 Å². The predicted octanol–water partition coefficient (Wildman–Crippen LogP) is 1.12. The number of hydrogen-bond donors (Lipinski definition) is 1. The maximum absolute atomic E-state index is 8.73. The lowest BCUT2D eigenvalue weighted by molar-refractivity contribution is -0.0161. The first-order chi connectivity index (χ1) is 7.88. The van der Waals surface area contributed by atoms with Gasteiger partial charge in [0.25, 0.3) is 0 Å². The van der Waals surface area contributed by atoms with Gasteiger partial charge in [-0.15, -0.1) is 11.3 Å². The van der Waals surface area contributed by atoms with Gasteiger partial charge >= 0.3 is 0 Å². The van der Waals surface area contributed by atoms with Gasteiger partial charge in [-0.25, -0.2) is 0 Å².